The van der Waals surface area contributed by atoms with E-state index >= 15 is 0 Å². The molecule has 0 N–H and O–H groups in total. The lowest BCUT2D eigenvalue weighted by molar-refractivity contribution is 0.678. The number of nitrogens with zero attached hydrogens (tertiary/aromatic N) is 3. The smallest absolute Gasteiger partial charge is 0.0670 e. The third-order valence-corrected chi connectivity index (χ3v) is 16.6. The van der Waals surface area contributed by atoms with Crippen LogP contribution in [0.2, 0.25) is 0 Å². The zero-order valence-corrected chi connectivity index (χ0v) is 44.6. The monoisotopic (exact) mass is 970 g/mol. The lowest BCUT2D eigenvalue weighted by Gasteiger charge is -2.44. The van der Waals surface area contributed by atoms with Crippen LogP contribution in [0.15, 0.2) is 212 Å². The molecule has 13 rings (SSSR count). The molecule has 1 spiro atoms. The van der Waals surface area contributed by atoms with Crippen molar-refractivity contribution in [1.82, 2.24) is 9.13 Å². The second kappa shape index (κ2) is 17.6. The lowest BCUT2D eigenvalue weighted by Crippen LogP contribution is -2.37. The summed E-state index contributed by atoms with van der Waals surface area (Å²) in [6.07, 6.45) is 18.7. The second-order valence-electron chi connectivity index (χ2n) is 22.0. The molecule has 0 bridgehead atoms. The summed E-state index contributed by atoms with van der Waals surface area (Å²) in [7, 11) is 0. The van der Waals surface area contributed by atoms with Crippen LogP contribution in [0.5, 0.6) is 0 Å². The highest BCUT2D eigenvalue weighted by Gasteiger charge is 2.45. The Hall–Kier alpha value is -8.40. The van der Waals surface area contributed by atoms with Gasteiger partial charge in [-0.15, -0.1) is 0 Å². The number of aryl methyl sites for hydroxylation is 6. The number of hydrogen-bond acceptors (Lipinski definition) is 1. The molecular formula is C72H63N3. The first-order valence-electron chi connectivity index (χ1n) is 26.7. The fraction of sp³-hybridized carbons (Fsp3) is 0.167. The highest BCUT2D eigenvalue weighted by atomic mass is 15.1. The summed E-state index contributed by atoms with van der Waals surface area (Å²) in [5, 5.41) is 5.14. The summed E-state index contributed by atoms with van der Waals surface area (Å²) in [4.78, 5) is 2.39. The van der Waals surface area contributed by atoms with E-state index in [4.69, 9.17) is 6.58 Å². The van der Waals surface area contributed by atoms with Crippen LogP contribution in [0.3, 0.4) is 0 Å². The zero-order chi connectivity index (χ0) is 51.4. The molecule has 0 saturated carbocycles. The van der Waals surface area contributed by atoms with Gasteiger partial charge in [0.25, 0.3) is 0 Å². The van der Waals surface area contributed by atoms with Crippen LogP contribution in [0, 0.1) is 41.5 Å². The highest BCUT2D eigenvalue weighted by Crippen LogP contribution is 2.54. The number of hydrogen-bond donors (Lipinski definition) is 0. The van der Waals surface area contributed by atoms with E-state index in [9.17, 15) is 0 Å². The Bertz CT molecular complexity index is 4150. The van der Waals surface area contributed by atoms with Gasteiger partial charge >= 0.3 is 0 Å². The second-order valence-corrected chi connectivity index (χ2v) is 22.0. The maximum atomic E-state index is 4.75. The number of allylic oxidation sites excluding steroid dienone is 10. The highest BCUT2D eigenvalue weighted by molar-refractivity contribution is 6.11. The first-order valence-corrected chi connectivity index (χ1v) is 26.7. The van der Waals surface area contributed by atoms with Crippen LogP contribution in [0.4, 0.5) is 11.4 Å². The van der Waals surface area contributed by atoms with Gasteiger partial charge in [-0.1, -0.05) is 142 Å². The molecule has 1 aliphatic heterocycles. The molecule has 2 aliphatic carbocycles. The molecule has 75 heavy (non-hydrogen) atoms. The topological polar surface area (TPSA) is 13.1 Å². The summed E-state index contributed by atoms with van der Waals surface area (Å²) < 4.78 is 4.98. The summed E-state index contributed by atoms with van der Waals surface area (Å²) >= 11 is 0. The van der Waals surface area contributed by atoms with Crippen molar-refractivity contribution in [3.63, 3.8) is 0 Å². The standard InChI is InChI=1S/C72H63N3/c1-44-13-22-52(9)73(67-30-16-46(3)36-54(67)23-14-44)58-25-28-65-55(42-58)41-56-43-59(75-70-33-19-49(6)39-62(70)63-40-50(7)20-34-71(63)75)26-29-66(56)72(65)51(8)21-24-57(12-10-11-53-35-45(2)15-27-64(53)72)74-68-31-17-47(4)37-60(68)61-38-48(5)18-32-69(61)74/h10,12-22,24-40,42-43H,9,11,23,41H2,1-8H3/b12-10+,22-13-,44-14-,51-21+,57-24+. The van der Waals surface area contributed by atoms with E-state index in [1.165, 1.54) is 138 Å². The Balaban J connectivity index is 1.09. The molecular weight excluding hydrogens is 907 g/mol. The van der Waals surface area contributed by atoms with Crippen LogP contribution in [-0.4, -0.2) is 9.13 Å². The van der Waals surface area contributed by atoms with Gasteiger partial charge in [0.2, 0.25) is 0 Å². The van der Waals surface area contributed by atoms with Gasteiger partial charge in [-0.05, 0) is 211 Å². The summed E-state index contributed by atoms with van der Waals surface area (Å²) in [6, 6.07) is 56.5. The maximum Gasteiger partial charge on any atom is 0.0670 e. The maximum absolute atomic E-state index is 4.75. The Morgan fingerprint density at radius 3 is 1.49 bits per heavy atom. The van der Waals surface area contributed by atoms with Crippen molar-refractivity contribution < 1.29 is 0 Å². The predicted octanol–water partition coefficient (Wildman–Crippen LogP) is 18.3. The van der Waals surface area contributed by atoms with Crippen LogP contribution in [0.1, 0.15) is 86.2 Å². The van der Waals surface area contributed by atoms with Crippen molar-refractivity contribution in [2.45, 2.75) is 80.1 Å². The number of fused-ring (bicyclic) bond motifs is 13. The minimum Gasteiger partial charge on any atom is -0.311 e. The lowest BCUT2D eigenvalue weighted by atomic mass is 9.58. The molecule has 8 aromatic carbocycles. The molecule has 1 atom stereocenters. The Kier molecular flexibility index (Phi) is 10.9. The number of benzene rings is 8. The van der Waals surface area contributed by atoms with Gasteiger partial charge in [-0.25, -0.2) is 0 Å². The van der Waals surface area contributed by atoms with Crippen molar-refractivity contribution in [1.29, 1.82) is 0 Å². The quantitative estimate of drug-likeness (QED) is 0.172. The first-order chi connectivity index (χ1) is 36.3. The van der Waals surface area contributed by atoms with Crippen molar-refractivity contribution in [2.24, 2.45) is 0 Å². The van der Waals surface area contributed by atoms with Crippen molar-refractivity contribution in [3.05, 3.63) is 284 Å². The first kappa shape index (κ1) is 46.4. The zero-order valence-electron chi connectivity index (χ0n) is 44.6. The van der Waals surface area contributed by atoms with Gasteiger partial charge in [0, 0.05) is 50.0 Å². The largest absolute Gasteiger partial charge is 0.311 e. The van der Waals surface area contributed by atoms with E-state index in [1.807, 2.05) is 0 Å². The summed E-state index contributed by atoms with van der Waals surface area (Å²) in [6.45, 7) is 22.6. The Morgan fingerprint density at radius 1 is 0.413 bits per heavy atom. The summed E-state index contributed by atoms with van der Waals surface area (Å²) in [5.74, 6) is 0. The third kappa shape index (κ3) is 7.46. The van der Waals surface area contributed by atoms with E-state index in [0.29, 0.717) is 0 Å². The van der Waals surface area contributed by atoms with Crippen molar-refractivity contribution in [2.75, 3.05) is 4.90 Å². The SMILES string of the molecule is C=C1/C=C\C(C)=C/Cc2cc(C)ccc2N1c1ccc2c(c1)Cc1cc(-n3c4ccc(C)cc4c4cc(C)ccc43)ccc1C21/C(C)=C/C=C(n2c3ccc(C)cc3c3cc(C)ccc32)\C=C\Cc2cc(C)ccc21. The molecule has 3 heterocycles. The van der Waals surface area contributed by atoms with Gasteiger partial charge in [0.05, 0.1) is 27.5 Å². The predicted molar refractivity (Wildman–Crippen MR) is 319 cm³/mol. The van der Waals surface area contributed by atoms with Gasteiger partial charge in [0.1, 0.15) is 0 Å². The molecule has 3 nitrogen and oxygen atoms in total. The number of anilines is 2. The van der Waals surface area contributed by atoms with Crippen LogP contribution >= 0.6 is 0 Å². The van der Waals surface area contributed by atoms with E-state index < -0.39 is 5.41 Å². The molecule has 1 unspecified atom stereocenters. The molecule has 0 radical (unpaired) electrons. The fourth-order valence-electron chi connectivity index (χ4n) is 13.1. The Labute approximate surface area is 442 Å². The van der Waals surface area contributed by atoms with E-state index in [-0.39, 0.29) is 0 Å². The fourth-order valence-corrected chi connectivity index (χ4v) is 13.1. The molecule has 0 saturated heterocycles. The average Bonchev–Trinajstić information content (AvgIpc) is 3.95. The molecule has 3 aliphatic rings. The molecule has 2 aromatic heterocycles. The molecule has 0 fully saturated rings. The minimum absolute atomic E-state index is 0.638. The van der Waals surface area contributed by atoms with Crippen molar-refractivity contribution in [3.8, 4) is 5.69 Å². The normalized spacial score (nSPS) is 19.5. The van der Waals surface area contributed by atoms with E-state index in [2.05, 4.69) is 258 Å². The van der Waals surface area contributed by atoms with Gasteiger partial charge < -0.3 is 14.0 Å². The van der Waals surface area contributed by atoms with Gasteiger partial charge in [0.15, 0.2) is 0 Å². The van der Waals surface area contributed by atoms with Crippen LogP contribution < -0.4 is 4.90 Å². The molecule has 10 aromatic rings. The van der Waals surface area contributed by atoms with E-state index in [0.717, 1.165) is 36.3 Å². The summed E-state index contributed by atoms with van der Waals surface area (Å²) in [5.41, 5.74) is 29.1. The van der Waals surface area contributed by atoms with Gasteiger partial charge in [-0.3, -0.25) is 0 Å². The van der Waals surface area contributed by atoms with E-state index in [1.54, 1.807) is 0 Å². The Morgan fingerprint density at radius 2 is 0.893 bits per heavy atom. The minimum atomic E-state index is -0.638. The average molecular weight is 970 g/mol. The molecule has 366 valence electrons. The number of rotatable bonds is 3. The van der Waals surface area contributed by atoms with Crippen LogP contribution in [0.25, 0.3) is 55.0 Å². The van der Waals surface area contributed by atoms with Crippen LogP contribution in [-0.2, 0) is 24.7 Å². The number of aromatic nitrogens is 2. The van der Waals surface area contributed by atoms with Crippen molar-refractivity contribution >= 4 is 60.7 Å². The third-order valence-electron chi connectivity index (χ3n) is 16.6. The molecule has 0 amide bonds. The van der Waals surface area contributed by atoms with Gasteiger partial charge in [-0.2, -0.15) is 0 Å². The molecule has 3 heteroatoms.